The van der Waals surface area contributed by atoms with Crippen LogP contribution in [-0.2, 0) is 11.2 Å². The number of ether oxygens (including phenoxy) is 1. The first-order valence-corrected chi connectivity index (χ1v) is 7.15. The lowest BCUT2D eigenvalue weighted by Crippen LogP contribution is -2.16. The van der Waals surface area contributed by atoms with Crippen molar-refractivity contribution in [2.45, 2.75) is 6.42 Å². The normalized spacial score (nSPS) is 10.4. The number of halogens is 3. The molecule has 130 valence electrons. The van der Waals surface area contributed by atoms with E-state index in [9.17, 15) is 28.5 Å². The smallest absolute Gasteiger partial charge is 0.338 e. The number of benzene rings is 2. The zero-order valence-electron chi connectivity index (χ0n) is 12.7. The number of nitrogens with zero attached hydrogens (tertiary/aromatic N) is 1. The number of hydrogen-bond acceptors (Lipinski definition) is 5. The van der Waals surface area contributed by atoms with E-state index in [1.807, 2.05) is 0 Å². The Balaban J connectivity index is 2.57. The molecule has 0 aliphatic heterocycles. The molecule has 2 aromatic rings. The van der Waals surface area contributed by atoms with Crippen molar-refractivity contribution in [3.05, 3.63) is 73.8 Å². The molecule has 0 fully saturated rings. The molecule has 0 unspecified atom stereocenters. The van der Waals surface area contributed by atoms with Gasteiger partial charge < -0.3 is 4.74 Å². The van der Waals surface area contributed by atoms with Gasteiger partial charge in [-0.15, -0.1) is 0 Å². The molecule has 0 aromatic heterocycles. The molecule has 0 N–H and O–H groups in total. The highest BCUT2D eigenvalue weighted by atomic mass is 35.5. The van der Waals surface area contributed by atoms with Crippen molar-refractivity contribution in [3.63, 3.8) is 0 Å². The van der Waals surface area contributed by atoms with Crippen LogP contribution in [0.1, 0.15) is 26.3 Å². The summed E-state index contributed by atoms with van der Waals surface area (Å²) in [6, 6.07) is 4.73. The van der Waals surface area contributed by atoms with Gasteiger partial charge >= 0.3 is 5.97 Å². The summed E-state index contributed by atoms with van der Waals surface area (Å²) < 4.78 is 31.9. The van der Waals surface area contributed by atoms with E-state index in [2.05, 4.69) is 4.74 Å². The number of nitro groups is 1. The van der Waals surface area contributed by atoms with Crippen LogP contribution >= 0.6 is 11.6 Å². The van der Waals surface area contributed by atoms with Gasteiger partial charge in [-0.2, -0.15) is 0 Å². The van der Waals surface area contributed by atoms with E-state index in [0.29, 0.717) is 12.1 Å². The largest absolute Gasteiger partial charge is 0.465 e. The second-order valence-electron chi connectivity index (χ2n) is 4.93. The van der Waals surface area contributed by atoms with Crippen molar-refractivity contribution in [1.82, 2.24) is 0 Å². The minimum absolute atomic E-state index is 0.0798. The predicted molar refractivity (Wildman–Crippen MR) is 83.8 cm³/mol. The van der Waals surface area contributed by atoms with Crippen molar-refractivity contribution >= 4 is 29.0 Å². The van der Waals surface area contributed by atoms with Crippen molar-refractivity contribution < 1.29 is 28.0 Å². The SMILES string of the molecule is COC(=O)c1cc(F)cc([N+](=O)[O-])c1C(=O)Cc1ccc(Cl)cc1F. The first-order valence-electron chi connectivity index (χ1n) is 6.78. The van der Waals surface area contributed by atoms with Crippen LogP contribution in [0.4, 0.5) is 14.5 Å². The van der Waals surface area contributed by atoms with E-state index in [1.54, 1.807) is 0 Å². The fourth-order valence-corrected chi connectivity index (χ4v) is 2.39. The first-order chi connectivity index (χ1) is 11.7. The Morgan fingerprint density at radius 3 is 2.48 bits per heavy atom. The number of ketones is 1. The Kier molecular flexibility index (Phi) is 5.43. The second kappa shape index (κ2) is 7.35. The Morgan fingerprint density at radius 1 is 1.24 bits per heavy atom. The van der Waals surface area contributed by atoms with Gasteiger partial charge in [-0.25, -0.2) is 13.6 Å². The van der Waals surface area contributed by atoms with Crippen LogP contribution in [-0.4, -0.2) is 23.8 Å². The highest BCUT2D eigenvalue weighted by molar-refractivity contribution is 6.30. The molecule has 2 rings (SSSR count). The summed E-state index contributed by atoms with van der Waals surface area (Å²) >= 11 is 5.62. The standard InChI is InChI=1S/C16H10ClF2NO5/c1-25-16(22)11-6-10(18)7-13(20(23)24)15(11)14(21)4-8-2-3-9(17)5-12(8)19/h2-3,5-7H,4H2,1H3. The van der Waals surface area contributed by atoms with Gasteiger partial charge in [0.2, 0.25) is 0 Å². The van der Waals surface area contributed by atoms with Crippen LogP contribution in [0.2, 0.25) is 5.02 Å². The Labute approximate surface area is 145 Å². The fourth-order valence-electron chi connectivity index (χ4n) is 2.23. The van der Waals surface area contributed by atoms with Gasteiger partial charge in [0, 0.05) is 11.4 Å². The average Bonchev–Trinajstić information content (AvgIpc) is 2.55. The first kappa shape index (κ1) is 18.5. The van der Waals surface area contributed by atoms with Crippen molar-refractivity contribution in [3.8, 4) is 0 Å². The molecule has 25 heavy (non-hydrogen) atoms. The summed E-state index contributed by atoms with van der Waals surface area (Å²) in [7, 11) is 0.978. The maximum absolute atomic E-state index is 13.9. The van der Waals surface area contributed by atoms with E-state index in [0.717, 1.165) is 13.2 Å². The third-order valence-electron chi connectivity index (χ3n) is 3.33. The monoisotopic (exact) mass is 369 g/mol. The number of carbonyl (C=O) groups is 2. The van der Waals surface area contributed by atoms with E-state index in [-0.39, 0.29) is 10.6 Å². The predicted octanol–water partition coefficient (Wildman–Crippen LogP) is 3.74. The Bertz CT molecular complexity index is 885. The van der Waals surface area contributed by atoms with Gasteiger partial charge in [0.15, 0.2) is 5.78 Å². The maximum atomic E-state index is 13.9. The molecule has 0 radical (unpaired) electrons. The van der Waals surface area contributed by atoms with Gasteiger partial charge in [0.05, 0.1) is 23.7 Å². The van der Waals surface area contributed by atoms with E-state index in [1.165, 1.54) is 12.1 Å². The molecule has 0 saturated heterocycles. The minimum Gasteiger partial charge on any atom is -0.465 e. The summed E-state index contributed by atoms with van der Waals surface area (Å²) in [5.41, 5.74) is -2.23. The molecule has 0 heterocycles. The Morgan fingerprint density at radius 2 is 1.92 bits per heavy atom. The fraction of sp³-hybridized carbons (Fsp3) is 0.125. The zero-order valence-corrected chi connectivity index (χ0v) is 13.5. The van der Waals surface area contributed by atoms with Gasteiger partial charge in [-0.1, -0.05) is 17.7 Å². The molecular formula is C16H10ClF2NO5. The summed E-state index contributed by atoms with van der Waals surface area (Å²) in [4.78, 5) is 34.4. The molecule has 0 aliphatic carbocycles. The van der Waals surface area contributed by atoms with Crippen molar-refractivity contribution in [2.24, 2.45) is 0 Å². The number of hydrogen-bond donors (Lipinski definition) is 0. The number of nitro benzene ring substituents is 1. The summed E-state index contributed by atoms with van der Waals surface area (Å²) in [6.07, 6.45) is -0.584. The quantitative estimate of drug-likeness (QED) is 0.347. The van der Waals surface area contributed by atoms with Gasteiger partial charge in [-0.3, -0.25) is 14.9 Å². The lowest BCUT2D eigenvalue weighted by molar-refractivity contribution is -0.385. The number of Topliss-reactive ketones (excluding diaryl/α,β-unsaturated/α-hetero) is 1. The average molecular weight is 370 g/mol. The molecular weight excluding hydrogens is 360 g/mol. The zero-order chi connectivity index (χ0) is 18.7. The van der Waals surface area contributed by atoms with Gasteiger partial charge in [0.1, 0.15) is 17.2 Å². The van der Waals surface area contributed by atoms with Crippen molar-refractivity contribution in [2.75, 3.05) is 7.11 Å². The summed E-state index contributed by atoms with van der Waals surface area (Å²) in [5, 5.41) is 11.3. The summed E-state index contributed by atoms with van der Waals surface area (Å²) in [6.45, 7) is 0. The third-order valence-corrected chi connectivity index (χ3v) is 3.56. The lowest BCUT2D eigenvalue weighted by Gasteiger charge is -2.09. The molecule has 0 spiro atoms. The molecule has 0 bridgehead atoms. The van der Waals surface area contributed by atoms with E-state index >= 15 is 0 Å². The number of esters is 1. The van der Waals surface area contributed by atoms with E-state index < -0.39 is 51.5 Å². The van der Waals surface area contributed by atoms with Gasteiger partial charge in [0.25, 0.3) is 5.69 Å². The molecule has 0 amide bonds. The molecule has 2 aromatic carbocycles. The number of rotatable bonds is 5. The van der Waals surface area contributed by atoms with Crippen molar-refractivity contribution in [1.29, 1.82) is 0 Å². The number of carbonyl (C=O) groups excluding carboxylic acids is 2. The molecule has 6 nitrogen and oxygen atoms in total. The van der Waals surface area contributed by atoms with Gasteiger partial charge in [-0.05, 0) is 23.8 Å². The Hall–Kier alpha value is -2.87. The van der Waals surface area contributed by atoms with Crippen LogP contribution < -0.4 is 0 Å². The van der Waals surface area contributed by atoms with E-state index in [4.69, 9.17) is 11.6 Å². The minimum atomic E-state index is -1.12. The van der Waals surface area contributed by atoms with Crippen LogP contribution in [0.3, 0.4) is 0 Å². The molecule has 0 saturated carbocycles. The van der Waals surface area contributed by atoms with Crippen LogP contribution in [0, 0.1) is 21.7 Å². The highest BCUT2D eigenvalue weighted by Crippen LogP contribution is 2.27. The highest BCUT2D eigenvalue weighted by Gasteiger charge is 2.29. The molecule has 9 heteroatoms. The summed E-state index contributed by atoms with van der Waals surface area (Å²) in [5.74, 6) is -3.93. The van der Waals surface area contributed by atoms with Crippen LogP contribution in [0.15, 0.2) is 30.3 Å². The van der Waals surface area contributed by atoms with Crippen LogP contribution in [0.5, 0.6) is 0 Å². The number of methoxy groups -OCH3 is 1. The third kappa shape index (κ3) is 3.97. The lowest BCUT2D eigenvalue weighted by atomic mass is 9.96. The molecule has 0 aliphatic rings. The topological polar surface area (TPSA) is 86.5 Å². The van der Waals surface area contributed by atoms with Crippen LogP contribution in [0.25, 0.3) is 0 Å². The maximum Gasteiger partial charge on any atom is 0.338 e. The second-order valence-corrected chi connectivity index (χ2v) is 5.37. The molecule has 0 atom stereocenters.